The summed E-state index contributed by atoms with van der Waals surface area (Å²) in [5.74, 6) is 0.145. The van der Waals surface area contributed by atoms with E-state index in [-0.39, 0.29) is 29.7 Å². The van der Waals surface area contributed by atoms with Gasteiger partial charge in [0.1, 0.15) is 12.6 Å². The van der Waals surface area contributed by atoms with Gasteiger partial charge in [0.05, 0.1) is 24.3 Å². The molecule has 1 saturated carbocycles. The van der Waals surface area contributed by atoms with E-state index in [0.717, 1.165) is 30.4 Å². The Balaban J connectivity index is 1.06. The van der Waals surface area contributed by atoms with E-state index in [1.165, 1.54) is 11.3 Å². The number of ether oxygens (including phenoxy) is 2. The quantitative estimate of drug-likeness (QED) is 0.252. The summed E-state index contributed by atoms with van der Waals surface area (Å²) in [5, 5.41) is 7.92. The number of nitrogens with one attached hydrogen (secondary N) is 2. The van der Waals surface area contributed by atoms with Crippen molar-refractivity contribution in [2.75, 3.05) is 37.4 Å². The molecule has 0 bridgehead atoms. The first-order valence-corrected chi connectivity index (χ1v) is 18.0. The molecule has 2 aliphatic heterocycles. The van der Waals surface area contributed by atoms with Crippen molar-refractivity contribution in [3.8, 4) is 11.3 Å². The zero-order valence-corrected chi connectivity index (χ0v) is 27.7. The predicted octanol–water partition coefficient (Wildman–Crippen LogP) is 5.14. The average molecular weight is 678 g/mol. The number of benzene rings is 2. The Morgan fingerprint density at radius 2 is 1.74 bits per heavy atom. The number of thiazole rings is 1. The summed E-state index contributed by atoms with van der Waals surface area (Å²) in [7, 11) is 0. The Morgan fingerprint density at radius 1 is 0.979 bits per heavy atom. The third kappa shape index (κ3) is 8.91. The van der Waals surface area contributed by atoms with Crippen molar-refractivity contribution >= 4 is 52.0 Å². The molecule has 1 aromatic heterocycles. The number of carbonyl (C=O) groups is 4. The standard InChI is InChI=1S/C34H39N5O6S2/c40-29(38-16-18-44-19-17-38)8-4-5-9-30-39(34(43)45-20-23-6-2-1-3-7-23)28(22-46-30)32(42)37-33-36-27(21-47-33)24-10-12-25(13-11-24)31(41)35-26-14-15-26/h1-3,6-7,10-13,21,26,28,30H,4-5,8-9,14-20,22H2,(H,35,41)(H,36,37,42). The molecule has 3 aromatic rings. The van der Waals surface area contributed by atoms with Gasteiger partial charge >= 0.3 is 6.09 Å². The van der Waals surface area contributed by atoms with Gasteiger partial charge in [-0.05, 0) is 43.4 Å². The number of rotatable bonds is 12. The average Bonchev–Trinajstić information content (AvgIpc) is 3.62. The van der Waals surface area contributed by atoms with E-state index in [2.05, 4.69) is 15.6 Å². The first-order valence-electron chi connectivity index (χ1n) is 16.1. The lowest BCUT2D eigenvalue weighted by atomic mass is 10.1. The van der Waals surface area contributed by atoms with Gasteiger partial charge in [-0.1, -0.05) is 48.9 Å². The van der Waals surface area contributed by atoms with Crippen LogP contribution in [0.3, 0.4) is 0 Å². The van der Waals surface area contributed by atoms with Crippen molar-refractivity contribution in [2.45, 2.75) is 62.6 Å². The number of thioether (sulfide) groups is 1. The minimum Gasteiger partial charge on any atom is -0.445 e. The van der Waals surface area contributed by atoms with Crippen LogP contribution in [-0.4, -0.2) is 88.1 Å². The second kappa shape index (κ2) is 15.8. The number of hydrogen-bond acceptors (Lipinski definition) is 9. The van der Waals surface area contributed by atoms with Crippen LogP contribution in [0.25, 0.3) is 11.3 Å². The molecular weight excluding hydrogens is 639 g/mol. The highest BCUT2D eigenvalue weighted by Gasteiger charge is 2.42. The number of hydrogen-bond donors (Lipinski definition) is 2. The van der Waals surface area contributed by atoms with Crippen LogP contribution in [0.2, 0.25) is 0 Å². The number of unbranched alkanes of at least 4 members (excludes halogenated alkanes) is 1. The lowest BCUT2D eigenvalue weighted by Crippen LogP contribution is -2.48. The molecule has 1 aliphatic carbocycles. The van der Waals surface area contributed by atoms with Crippen molar-refractivity contribution in [2.24, 2.45) is 0 Å². The molecule has 2 N–H and O–H groups in total. The molecular formula is C34H39N5O6S2. The Labute approximate surface area is 282 Å². The van der Waals surface area contributed by atoms with Gasteiger partial charge in [-0.25, -0.2) is 9.78 Å². The first kappa shape index (κ1) is 33.0. The molecule has 2 saturated heterocycles. The van der Waals surface area contributed by atoms with E-state index in [1.807, 2.05) is 52.7 Å². The van der Waals surface area contributed by atoms with Crippen molar-refractivity contribution in [1.82, 2.24) is 20.1 Å². The number of anilines is 1. The minimum atomic E-state index is -0.736. The molecule has 3 fully saturated rings. The van der Waals surface area contributed by atoms with Crippen molar-refractivity contribution in [3.05, 3.63) is 71.1 Å². The fourth-order valence-corrected chi connectivity index (χ4v) is 7.70. The monoisotopic (exact) mass is 677 g/mol. The molecule has 2 aromatic carbocycles. The van der Waals surface area contributed by atoms with Gasteiger partial charge in [0.2, 0.25) is 11.8 Å². The van der Waals surface area contributed by atoms with Gasteiger partial charge in [0, 0.05) is 47.8 Å². The number of nitrogens with zero attached hydrogens (tertiary/aromatic N) is 3. The summed E-state index contributed by atoms with van der Waals surface area (Å²) < 4.78 is 11.0. The molecule has 47 heavy (non-hydrogen) atoms. The summed E-state index contributed by atoms with van der Waals surface area (Å²) in [6, 6.07) is 16.2. The Morgan fingerprint density at radius 3 is 2.49 bits per heavy atom. The molecule has 0 spiro atoms. The zero-order valence-electron chi connectivity index (χ0n) is 26.1. The summed E-state index contributed by atoms with van der Waals surface area (Å²) in [6.07, 6.45) is 4.04. The van der Waals surface area contributed by atoms with Crippen LogP contribution >= 0.6 is 23.1 Å². The maximum Gasteiger partial charge on any atom is 0.411 e. The normalized spacial score (nSPS) is 19.3. The predicted molar refractivity (Wildman–Crippen MR) is 181 cm³/mol. The van der Waals surface area contributed by atoms with Crippen molar-refractivity contribution in [1.29, 1.82) is 0 Å². The van der Waals surface area contributed by atoms with Crippen LogP contribution in [0.15, 0.2) is 60.0 Å². The van der Waals surface area contributed by atoms with Gasteiger partial charge in [-0.2, -0.15) is 0 Å². The fraction of sp³-hybridized carbons (Fsp3) is 0.441. The van der Waals surface area contributed by atoms with Crippen LogP contribution in [0, 0.1) is 0 Å². The van der Waals surface area contributed by atoms with E-state index < -0.39 is 12.1 Å². The van der Waals surface area contributed by atoms with E-state index in [0.29, 0.717) is 73.7 Å². The van der Waals surface area contributed by atoms with Crippen LogP contribution < -0.4 is 10.6 Å². The Kier molecular flexibility index (Phi) is 11.1. The van der Waals surface area contributed by atoms with Crippen LogP contribution in [0.5, 0.6) is 0 Å². The van der Waals surface area contributed by atoms with Crippen LogP contribution in [0.4, 0.5) is 9.93 Å². The smallest absolute Gasteiger partial charge is 0.411 e. The lowest BCUT2D eigenvalue weighted by Gasteiger charge is -2.28. The molecule has 2 atom stereocenters. The largest absolute Gasteiger partial charge is 0.445 e. The molecule has 248 valence electrons. The second-order valence-electron chi connectivity index (χ2n) is 11.8. The Hall–Kier alpha value is -3.94. The zero-order chi connectivity index (χ0) is 32.6. The highest BCUT2D eigenvalue weighted by Crippen LogP contribution is 2.35. The Bertz CT molecular complexity index is 1540. The maximum absolute atomic E-state index is 13.6. The molecule has 4 amide bonds. The summed E-state index contributed by atoms with van der Waals surface area (Å²) in [6.45, 7) is 2.50. The molecule has 6 rings (SSSR count). The van der Waals surface area contributed by atoms with Gasteiger partial charge < -0.3 is 25.0 Å². The van der Waals surface area contributed by atoms with E-state index in [9.17, 15) is 19.2 Å². The molecule has 2 unspecified atom stereocenters. The van der Waals surface area contributed by atoms with Gasteiger partial charge in [-0.15, -0.1) is 23.1 Å². The molecule has 11 nitrogen and oxygen atoms in total. The van der Waals surface area contributed by atoms with E-state index >= 15 is 0 Å². The maximum atomic E-state index is 13.6. The number of morpholine rings is 1. The van der Waals surface area contributed by atoms with Crippen LogP contribution in [0.1, 0.15) is 54.4 Å². The number of amides is 4. The molecule has 3 aliphatic rings. The van der Waals surface area contributed by atoms with E-state index in [4.69, 9.17) is 9.47 Å². The van der Waals surface area contributed by atoms with Gasteiger partial charge in [0.15, 0.2) is 5.13 Å². The number of aromatic nitrogens is 1. The van der Waals surface area contributed by atoms with Gasteiger partial charge in [0.25, 0.3) is 5.91 Å². The lowest BCUT2D eigenvalue weighted by molar-refractivity contribution is -0.135. The van der Waals surface area contributed by atoms with Crippen molar-refractivity contribution < 1.29 is 28.7 Å². The highest BCUT2D eigenvalue weighted by atomic mass is 32.2. The summed E-state index contributed by atoms with van der Waals surface area (Å²) in [4.78, 5) is 60.0. The topological polar surface area (TPSA) is 130 Å². The molecule has 3 heterocycles. The summed E-state index contributed by atoms with van der Waals surface area (Å²) >= 11 is 2.85. The van der Waals surface area contributed by atoms with E-state index in [1.54, 1.807) is 28.8 Å². The van der Waals surface area contributed by atoms with Gasteiger partial charge in [-0.3, -0.25) is 19.3 Å². The van der Waals surface area contributed by atoms with Crippen molar-refractivity contribution in [3.63, 3.8) is 0 Å². The third-order valence-electron chi connectivity index (χ3n) is 8.36. The number of carbonyl (C=O) groups excluding carboxylic acids is 4. The molecule has 0 radical (unpaired) electrons. The fourth-order valence-electron chi connectivity index (χ4n) is 5.53. The van der Waals surface area contributed by atoms with Crippen LogP contribution in [-0.2, 0) is 25.7 Å². The molecule has 13 heteroatoms. The highest BCUT2D eigenvalue weighted by molar-refractivity contribution is 8.00. The summed E-state index contributed by atoms with van der Waals surface area (Å²) in [5.41, 5.74) is 2.97. The SMILES string of the molecule is O=C(NC1CC1)c1ccc(-c2csc(NC(=O)C3CSC(CCCCC(=O)N4CCOCC4)N3C(=O)OCc3ccccc3)n2)cc1. The second-order valence-corrected chi connectivity index (χ2v) is 13.9. The first-order chi connectivity index (χ1) is 22.9. The minimum absolute atomic E-state index is 0.0775. The third-order valence-corrected chi connectivity index (χ3v) is 10.5.